The van der Waals surface area contributed by atoms with E-state index in [1.54, 1.807) is 6.20 Å². The van der Waals surface area contributed by atoms with Gasteiger partial charge in [-0.2, -0.15) is 0 Å². The molecule has 0 unspecified atom stereocenters. The van der Waals surface area contributed by atoms with Crippen molar-refractivity contribution in [2.45, 2.75) is 19.8 Å². The minimum Gasteiger partial charge on any atom is -0.383 e. The fourth-order valence-corrected chi connectivity index (χ4v) is 1.80. The van der Waals surface area contributed by atoms with Gasteiger partial charge in [-0.1, -0.05) is 38.1 Å². The monoisotopic (exact) mass is 339 g/mol. The Labute approximate surface area is 115 Å². The third-order valence-corrected chi connectivity index (χ3v) is 3.44. The molecule has 2 aromatic rings. The van der Waals surface area contributed by atoms with Gasteiger partial charge >= 0.3 is 0 Å². The van der Waals surface area contributed by atoms with Crippen LogP contribution in [0.3, 0.4) is 0 Å². The van der Waals surface area contributed by atoms with Crippen LogP contribution in [0.5, 0.6) is 0 Å². The highest BCUT2D eigenvalue weighted by atomic mass is 127. The van der Waals surface area contributed by atoms with E-state index < -0.39 is 0 Å². The third-order valence-electron chi connectivity index (χ3n) is 2.61. The summed E-state index contributed by atoms with van der Waals surface area (Å²) in [6.07, 6.45) is 1.74. The molecule has 1 aromatic heterocycles. The molecular formula is C13H14IN3. The predicted molar refractivity (Wildman–Crippen MR) is 78.7 cm³/mol. The maximum Gasteiger partial charge on any atom is 0.161 e. The SMILES string of the molecule is CC(C)c1ccc(-c2ncc(I)c(N)n2)cc1. The first-order valence-corrected chi connectivity index (χ1v) is 6.54. The lowest BCUT2D eigenvalue weighted by Gasteiger charge is -2.06. The van der Waals surface area contributed by atoms with Crippen molar-refractivity contribution in [1.82, 2.24) is 9.97 Å². The van der Waals surface area contributed by atoms with Crippen LogP contribution in [0.4, 0.5) is 5.82 Å². The van der Waals surface area contributed by atoms with Gasteiger partial charge in [0.25, 0.3) is 0 Å². The number of hydrogen-bond acceptors (Lipinski definition) is 3. The first-order valence-electron chi connectivity index (χ1n) is 5.46. The summed E-state index contributed by atoms with van der Waals surface area (Å²) in [7, 11) is 0. The van der Waals surface area contributed by atoms with E-state index in [0.717, 1.165) is 9.13 Å². The van der Waals surface area contributed by atoms with Gasteiger partial charge in [0.15, 0.2) is 5.82 Å². The Morgan fingerprint density at radius 1 is 1.18 bits per heavy atom. The Hall–Kier alpha value is -1.17. The van der Waals surface area contributed by atoms with E-state index in [4.69, 9.17) is 5.73 Å². The Morgan fingerprint density at radius 3 is 2.35 bits per heavy atom. The van der Waals surface area contributed by atoms with E-state index in [0.29, 0.717) is 17.6 Å². The van der Waals surface area contributed by atoms with E-state index in [2.05, 4.69) is 58.5 Å². The van der Waals surface area contributed by atoms with Crippen molar-refractivity contribution in [3.05, 3.63) is 39.6 Å². The van der Waals surface area contributed by atoms with Gasteiger partial charge in [-0.25, -0.2) is 9.97 Å². The van der Waals surface area contributed by atoms with Crippen LogP contribution in [-0.4, -0.2) is 9.97 Å². The lowest BCUT2D eigenvalue weighted by atomic mass is 10.0. The zero-order valence-corrected chi connectivity index (χ0v) is 12.0. The predicted octanol–water partition coefficient (Wildman–Crippen LogP) is 3.45. The number of aromatic nitrogens is 2. The summed E-state index contributed by atoms with van der Waals surface area (Å²) < 4.78 is 0.880. The van der Waals surface area contributed by atoms with Crippen molar-refractivity contribution in [1.29, 1.82) is 0 Å². The molecule has 1 heterocycles. The Bertz CT molecular complexity index is 521. The van der Waals surface area contributed by atoms with Crippen molar-refractivity contribution in [3.8, 4) is 11.4 Å². The van der Waals surface area contributed by atoms with Gasteiger partial charge in [-0.3, -0.25) is 0 Å². The summed E-state index contributed by atoms with van der Waals surface area (Å²) in [6.45, 7) is 4.35. The quantitative estimate of drug-likeness (QED) is 0.853. The Balaban J connectivity index is 2.36. The summed E-state index contributed by atoms with van der Waals surface area (Å²) in [4.78, 5) is 8.56. The summed E-state index contributed by atoms with van der Waals surface area (Å²) >= 11 is 2.12. The number of hydrogen-bond donors (Lipinski definition) is 1. The molecule has 4 heteroatoms. The maximum absolute atomic E-state index is 5.78. The molecule has 0 aliphatic carbocycles. The molecule has 0 amide bonds. The summed E-state index contributed by atoms with van der Waals surface area (Å²) in [5, 5.41) is 0. The zero-order valence-electron chi connectivity index (χ0n) is 9.81. The number of rotatable bonds is 2. The molecule has 3 nitrogen and oxygen atoms in total. The molecule has 0 saturated heterocycles. The summed E-state index contributed by atoms with van der Waals surface area (Å²) in [5.74, 6) is 1.74. The molecule has 0 radical (unpaired) electrons. The molecule has 2 N–H and O–H groups in total. The van der Waals surface area contributed by atoms with Crippen LogP contribution in [0.2, 0.25) is 0 Å². The van der Waals surface area contributed by atoms with Crippen LogP contribution in [0.25, 0.3) is 11.4 Å². The Kier molecular flexibility index (Phi) is 3.61. The molecule has 88 valence electrons. The van der Waals surface area contributed by atoms with Crippen LogP contribution < -0.4 is 5.73 Å². The topological polar surface area (TPSA) is 51.8 Å². The average Bonchev–Trinajstić information content (AvgIpc) is 2.33. The molecule has 0 aliphatic heterocycles. The van der Waals surface area contributed by atoms with Gasteiger partial charge in [-0.15, -0.1) is 0 Å². The number of nitrogens with two attached hydrogens (primary N) is 1. The van der Waals surface area contributed by atoms with E-state index >= 15 is 0 Å². The molecule has 2 rings (SSSR count). The van der Waals surface area contributed by atoms with Crippen LogP contribution in [0.15, 0.2) is 30.5 Å². The molecule has 0 fully saturated rings. The normalized spacial score (nSPS) is 10.8. The van der Waals surface area contributed by atoms with Gasteiger partial charge < -0.3 is 5.73 Å². The first kappa shape index (κ1) is 12.3. The molecule has 17 heavy (non-hydrogen) atoms. The number of nitrogens with zero attached hydrogens (tertiary/aromatic N) is 2. The van der Waals surface area contributed by atoms with E-state index in [9.17, 15) is 0 Å². The maximum atomic E-state index is 5.78. The van der Waals surface area contributed by atoms with Gasteiger partial charge in [0.1, 0.15) is 5.82 Å². The van der Waals surface area contributed by atoms with Crippen LogP contribution in [0.1, 0.15) is 25.3 Å². The smallest absolute Gasteiger partial charge is 0.161 e. The lowest BCUT2D eigenvalue weighted by Crippen LogP contribution is -1.98. The van der Waals surface area contributed by atoms with Gasteiger partial charge in [-0.05, 0) is 34.1 Å². The lowest BCUT2D eigenvalue weighted by molar-refractivity contribution is 0.867. The molecule has 0 aliphatic rings. The van der Waals surface area contributed by atoms with Gasteiger partial charge in [0, 0.05) is 11.8 Å². The molecule has 1 aromatic carbocycles. The van der Waals surface area contributed by atoms with Crippen molar-refractivity contribution in [2.24, 2.45) is 0 Å². The zero-order chi connectivity index (χ0) is 12.4. The van der Waals surface area contributed by atoms with Crippen LogP contribution in [0, 0.1) is 3.57 Å². The standard InChI is InChI=1S/C13H14IN3/c1-8(2)9-3-5-10(6-4-9)13-16-7-11(14)12(15)17-13/h3-8H,1-2H3,(H2,15,16,17). The van der Waals surface area contributed by atoms with Gasteiger partial charge in [0.2, 0.25) is 0 Å². The molecule has 0 spiro atoms. The minimum atomic E-state index is 0.531. The number of halogens is 1. The number of anilines is 1. The summed E-state index contributed by atoms with van der Waals surface area (Å²) in [6, 6.07) is 8.29. The number of nitrogen functional groups attached to an aromatic ring is 1. The van der Waals surface area contributed by atoms with Crippen molar-refractivity contribution < 1.29 is 0 Å². The van der Waals surface area contributed by atoms with Gasteiger partial charge in [0.05, 0.1) is 3.57 Å². The molecule has 0 bridgehead atoms. The van der Waals surface area contributed by atoms with E-state index in [1.165, 1.54) is 5.56 Å². The van der Waals surface area contributed by atoms with E-state index in [-0.39, 0.29) is 0 Å². The second kappa shape index (κ2) is 5.00. The van der Waals surface area contributed by atoms with Crippen LogP contribution >= 0.6 is 22.6 Å². The highest BCUT2D eigenvalue weighted by Gasteiger charge is 2.05. The largest absolute Gasteiger partial charge is 0.383 e. The fourth-order valence-electron chi connectivity index (χ4n) is 1.54. The average molecular weight is 339 g/mol. The number of benzene rings is 1. The van der Waals surface area contributed by atoms with Crippen molar-refractivity contribution in [3.63, 3.8) is 0 Å². The second-order valence-electron chi connectivity index (χ2n) is 4.20. The highest BCUT2D eigenvalue weighted by molar-refractivity contribution is 14.1. The first-order chi connectivity index (χ1) is 8.08. The van der Waals surface area contributed by atoms with Crippen LogP contribution in [-0.2, 0) is 0 Å². The minimum absolute atomic E-state index is 0.531. The molecule has 0 atom stereocenters. The third kappa shape index (κ3) is 2.74. The molecule has 0 saturated carbocycles. The summed E-state index contributed by atoms with van der Waals surface area (Å²) in [5.41, 5.74) is 8.09. The second-order valence-corrected chi connectivity index (χ2v) is 5.37. The van der Waals surface area contributed by atoms with Crippen molar-refractivity contribution in [2.75, 3.05) is 5.73 Å². The molecular weight excluding hydrogens is 325 g/mol. The van der Waals surface area contributed by atoms with E-state index in [1.807, 2.05) is 12.1 Å². The van der Waals surface area contributed by atoms with Crippen molar-refractivity contribution >= 4 is 28.4 Å². The highest BCUT2D eigenvalue weighted by Crippen LogP contribution is 2.21. The fraction of sp³-hybridized carbons (Fsp3) is 0.231. The Morgan fingerprint density at radius 2 is 1.82 bits per heavy atom.